The number of hydrogen-bond donors (Lipinski definition) is 0. The first kappa shape index (κ1) is 10.4. The molecule has 0 atom stereocenters. The van der Waals surface area contributed by atoms with Gasteiger partial charge in [-0.25, -0.2) is 9.79 Å². The van der Waals surface area contributed by atoms with Gasteiger partial charge in [0.25, 0.3) is 0 Å². The monoisotopic (exact) mass is 186 g/mol. The Morgan fingerprint density at radius 1 is 1.46 bits per heavy atom. The van der Waals surface area contributed by atoms with E-state index in [2.05, 4.69) is 9.89 Å². The van der Waals surface area contributed by atoms with E-state index in [4.69, 9.17) is 0 Å². The zero-order valence-corrected chi connectivity index (χ0v) is 7.71. The largest absolute Gasteiger partial charge is 0.303 e. The molecule has 0 aromatic rings. The molecule has 0 bridgehead atoms. The van der Waals surface area contributed by atoms with Gasteiger partial charge in [-0.1, -0.05) is 0 Å². The summed E-state index contributed by atoms with van der Waals surface area (Å²) in [5.74, 6) is 0. The molecule has 1 aliphatic heterocycles. The van der Waals surface area contributed by atoms with Crippen LogP contribution in [-0.2, 0) is 4.79 Å². The molecule has 0 N–H and O–H groups in total. The van der Waals surface area contributed by atoms with E-state index in [1.807, 2.05) is 0 Å². The SMILES string of the molecule is O=C=NC1CCN(CCCF)CC1. The van der Waals surface area contributed by atoms with Crippen molar-refractivity contribution in [2.24, 2.45) is 4.99 Å². The van der Waals surface area contributed by atoms with E-state index in [1.165, 1.54) is 0 Å². The van der Waals surface area contributed by atoms with Crippen LogP contribution in [0.15, 0.2) is 4.99 Å². The minimum Gasteiger partial charge on any atom is -0.303 e. The summed E-state index contributed by atoms with van der Waals surface area (Å²) in [7, 11) is 0. The molecule has 1 rings (SSSR count). The number of hydrogen-bond acceptors (Lipinski definition) is 3. The van der Waals surface area contributed by atoms with Crippen molar-refractivity contribution in [3.8, 4) is 0 Å². The molecule has 4 heteroatoms. The number of nitrogens with zero attached hydrogens (tertiary/aromatic N) is 2. The lowest BCUT2D eigenvalue weighted by atomic mass is 10.1. The Hall–Kier alpha value is -0.730. The number of halogens is 1. The highest BCUT2D eigenvalue weighted by Gasteiger charge is 2.17. The van der Waals surface area contributed by atoms with Gasteiger partial charge >= 0.3 is 0 Å². The first-order valence-electron chi connectivity index (χ1n) is 4.72. The summed E-state index contributed by atoms with van der Waals surface area (Å²) in [5.41, 5.74) is 0. The van der Waals surface area contributed by atoms with Crippen LogP contribution in [0, 0.1) is 0 Å². The molecule has 1 saturated heterocycles. The standard InChI is InChI=1S/C9H15FN2O/c10-4-1-5-12-6-2-9(3-7-12)11-8-13/h9H,1-7H2. The average molecular weight is 186 g/mol. The van der Waals surface area contributed by atoms with Gasteiger partial charge in [0.15, 0.2) is 0 Å². The van der Waals surface area contributed by atoms with Crippen molar-refractivity contribution in [3.63, 3.8) is 0 Å². The maximum Gasteiger partial charge on any atom is 0.235 e. The second-order valence-electron chi connectivity index (χ2n) is 3.34. The van der Waals surface area contributed by atoms with Crippen LogP contribution in [0.1, 0.15) is 19.3 Å². The van der Waals surface area contributed by atoms with Crippen molar-refractivity contribution >= 4 is 6.08 Å². The van der Waals surface area contributed by atoms with Crippen LogP contribution in [0.2, 0.25) is 0 Å². The van der Waals surface area contributed by atoms with Crippen LogP contribution in [0.3, 0.4) is 0 Å². The summed E-state index contributed by atoms with van der Waals surface area (Å²) >= 11 is 0. The summed E-state index contributed by atoms with van der Waals surface area (Å²) in [5, 5.41) is 0. The van der Waals surface area contributed by atoms with Crippen molar-refractivity contribution in [2.45, 2.75) is 25.3 Å². The number of carbonyl (C=O) groups excluding carboxylic acids is 1. The second kappa shape index (κ2) is 5.84. The number of rotatable bonds is 4. The average Bonchev–Trinajstić information content (AvgIpc) is 2.17. The van der Waals surface area contributed by atoms with Crippen molar-refractivity contribution < 1.29 is 9.18 Å². The minimum atomic E-state index is -0.244. The van der Waals surface area contributed by atoms with Crippen LogP contribution in [0.25, 0.3) is 0 Å². The fourth-order valence-corrected chi connectivity index (χ4v) is 1.63. The van der Waals surface area contributed by atoms with Gasteiger partial charge in [-0.15, -0.1) is 0 Å². The van der Waals surface area contributed by atoms with E-state index in [-0.39, 0.29) is 12.7 Å². The highest BCUT2D eigenvalue weighted by Crippen LogP contribution is 2.12. The normalized spacial score (nSPS) is 19.8. The Morgan fingerprint density at radius 2 is 2.15 bits per heavy atom. The van der Waals surface area contributed by atoms with Gasteiger partial charge in [-0.05, 0) is 19.3 Å². The molecule has 1 heterocycles. The van der Waals surface area contributed by atoms with E-state index in [0.29, 0.717) is 6.42 Å². The van der Waals surface area contributed by atoms with E-state index in [1.54, 1.807) is 6.08 Å². The molecule has 1 aliphatic rings. The van der Waals surface area contributed by atoms with Crippen LogP contribution >= 0.6 is 0 Å². The fraction of sp³-hybridized carbons (Fsp3) is 0.889. The molecule has 0 aromatic carbocycles. The molecular weight excluding hydrogens is 171 g/mol. The Bertz CT molecular complexity index is 184. The number of piperidine rings is 1. The number of alkyl halides is 1. The van der Waals surface area contributed by atoms with Gasteiger partial charge < -0.3 is 4.90 Å². The lowest BCUT2D eigenvalue weighted by molar-refractivity contribution is 0.205. The summed E-state index contributed by atoms with van der Waals surface area (Å²) < 4.78 is 11.8. The smallest absolute Gasteiger partial charge is 0.235 e. The van der Waals surface area contributed by atoms with E-state index >= 15 is 0 Å². The third-order valence-electron chi connectivity index (χ3n) is 2.40. The molecule has 0 aromatic heterocycles. The Morgan fingerprint density at radius 3 is 2.69 bits per heavy atom. The highest BCUT2D eigenvalue weighted by molar-refractivity contribution is 5.33. The highest BCUT2D eigenvalue weighted by atomic mass is 19.1. The maximum atomic E-state index is 11.8. The Labute approximate surface area is 77.6 Å². The Kier molecular flexibility index (Phi) is 4.65. The zero-order valence-electron chi connectivity index (χ0n) is 7.71. The minimum absolute atomic E-state index is 0.152. The predicted molar refractivity (Wildman–Crippen MR) is 48.2 cm³/mol. The van der Waals surface area contributed by atoms with Crippen LogP contribution < -0.4 is 0 Å². The first-order valence-corrected chi connectivity index (χ1v) is 4.72. The molecule has 1 fully saturated rings. The molecule has 0 radical (unpaired) electrons. The molecule has 0 saturated carbocycles. The van der Waals surface area contributed by atoms with Gasteiger partial charge in [0, 0.05) is 19.6 Å². The first-order chi connectivity index (χ1) is 6.36. The van der Waals surface area contributed by atoms with Crippen LogP contribution in [-0.4, -0.2) is 43.3 Å². The van der Waals surface area contributed by atoms with Crippen molar-refractivity contribution in [3.05, 3.63) is 0 Å². The topological polar surface area (TPSA) is 32.7 Å². The summed E-state index contributed by atoms with van der Waals surface area (Å²) in [6, 6.07) is 0.152. The van der Waals surface area contributed by atoms with Gasteiger partial charge in [-0.2, -0.15) is 0 Å². The number of aliphatic imine (C=N–C) groups is 1. The molecule has 0 amide bonds. The maximum absolute atomic E-state index is 11.8. The third kappa shape index (κ3) is 3.66. The molecular formula is C9H15FN2O. The molecule has 0 aliphatic carbocycles. The van der Waals surface area contributed by atoms with Gasteiger partial charge in [0.05, 0.1) is 12.7 Å². The van der Waals surface area contributed by atoms with E-state index in [9.17, 15) is 9.18 Å². The quantitative estimate of drug-likeness (QED) is 0.487. The summed E-state index contributed by atoms with van der Waals surface area (Å²) in [6.07, 6.45) is 4.01. The van der Waals surface area contributed by atoms with E-state index in [0.717, 1.165) is 32.5 Å². The van der Waals surface area contributed by atoms with Crippen LogP contribution in [0.5, 0.6) is 0 Å². The van der Waals surface area contributed by atoms with E-state index < -0.39 is 0 Å². The number of likely N-dealkylation sites (tertiary alicyclic amines) is 1. The summed E-state index contributed by atoms with van der Waals surface area (Å²) in [6.45, 7) is 2.44. The second-order valence-corrected chi connectivity index (χ2v) is 3.34. The third-order valence-corrected chi connectivity index (χ3v) is 2.40. The lowest BCUT2D eigenvalue weighted by Gasteiger charge is -2.28. The van der Waals surface area contributed by atoms with Gasteiger partial charge in [0.2, 0.25) is 6.08 Å². The van der Waals surface area contributed by atoms with Gasteiger partial charge in [-0.3, -0.25) is 4.39 Å². The molecule has 13 heavy (non-hydrogen) atoms. The fourth-order valence-electron chi connectivity index (χ4n) is 1.63. The predicted octanol–water partition coefficient (Wildman–Crippen LogP) is 1.15. The van der Waals surface area contributed by atoms with Gasteiger partial charge in [0.1, 0.15) is 0 Å². The molecule has 0 unspecified atom stereocenters. The van der Waals surface area contributed by atoms with Crippen molar-refractivity contribution in [2.75, 3.05) is 26.3 Å². The zero-order chi connectivity index (χ0) is 9.52. The number of isocyanates is 1. The Balaban J connectivity index is 2.18. The van der Waals surface area contributed by atoms with Crippen molar-refractivity contribution in [1.29, 1.82) is 0 Å². The van der Waals surface area contributed by atoms with Crippen LogP contribution in [0.4, 0.5) is 4.39 Å². The molecule has 74 valence electrons. The molecule has 3 nitrogen and oxygen atoms in total. The molecule has 0 spiro atoms. The van der Waals surface area contributed by atoms with Crippen molar-refractivity contribution in [1.82, 2.24) is 4.90 Å². The summed E-state index contributed by atoms with van der Waals surface area (Å²) in [4.78, 5) is 15.9. The lowest BCUT2D eigenvalue weighted by Crippen LogP contribution is -2.36.